The summed E-state index contributed by atoms with van der Waals surface area (Å²) in [7, 11) is 0. The summed E-state index contributed by atoms with van der Waals surface area (Å²) in [5.41, 5.74) is 1.44. The number of nitrogens with zero attached hydrogens (tertiary/aromatic N) is 4. The lowest BCUT2D eigenvalue weighted by Gasteiger charge is -2.05. The Morgan fingerprint density at radius 2 is 2.30 bits per heavy atom. The van der Waals surface area contributed by atoms with Crippen LogP contribution in [0.3, 0.4) is 0 Å². The molecule has 0 bridgehead atoms. The van der Waals surface area contributed by atoms with E-state index in [1.807, 2.05) is 6.07 Å². The summed E-state index contributed by atoms with van der Waals surface area (Å²) in [5, 5.41) is 26.4. The van der Waals surface area contributed by atoms with Crippen LogP contribution in [0.1, 0.15) is 22.6 Å². The van der Waals surface area contributed by atoms with Crippen molar-refractivity contribution in [1.29, 1.82) is 5.26 Å². The van der Waals surface area contributed by atoms with Crippen molar-refractivity contribution >= 4 is 11.5 Å². The number of rotatable bonds is 4. The zero-order valence-electron chi connectivity index (χ0n) is 10.9. The van der Waals surface area contributed by atoms with Crippen LogP contribution in [0.2, 0.25) is 0 Å². The van der Waals surface area contributed by atoms with Gasteiger partial charge < -0.3 is 9.84 Å². The second-order valence-corrected chi connectivity index (χ2v) is 4.12. The molecule has 0 radical (unpaired) electrons. The molecular formula is C12H11N5O3. The molecule has 0 amide bonds. The highest BCUT2D eigenvalue weighted by Gasteiger charge is 2.17. The second kappa shape index (κ2) is 5.36. The molecule has 0 atom stereocenters. The summed E-state index contributed by atoms with van der Waals surface area (Å²) >= 11 is 0. The Hall–Kier alpha value is -2.95. The molecule has 0 fully saturated rings. The van der Waals surface area contributed by atoms with Crippen molar-refractivity contribution in [3.63, 3.8) is 0 Å². The largest absolute Gasteiger partial charge is 0.361 e. The minimum Gasteiger partial charge on any atom is -0.361 e. The molecule has 0 saturated carbocycles. The predicted octanol–water partition coefficient (Wildman–Crippen LogP) is 2.08. The van der Waals surface area contributed by atoms with E-state index in [2.05, 4.69) is 15.5 Å². The Morgan fingerprint density at radius 1 is 1.55 bits per heavy atom. The number of pyridine rings is 1. The Morgan fingerprint density at radius 3 is 2.85 bits per heavy atom. The van der Waals surface area contributed by atoms with Crippen LogP contribution in [0.15, 0.2) is 16.8 Å². The third kappa shape index (κ3) is 2.56. The second-order valence-electron chi connectivity index (χ2n) is 4.12. The van der Waals surface area contributed by atoms with E-state index in [1.54, 1.807) is 13.8 Å². The average molecular weight is 273 g/mol. The van der Waals surface area contributed by atoms with E-state index in [1.165, 1.54) is 12.3 Å². The van der Waals surface area contributed by atoms with Crippen molar-refractivity contribution in [3.05, 3.63) is 45.0 Å². The molecule has 0 spiro atoms. The fourth-order valence-electron chi connectivity index (χ4n) is 1.72. The molecule has 0 aliphatic heterocycles. The van der Waals surface area contributed by atoms with E-state index in [0.717, 1.165) is 5.56 Å². The highest BCUT2D eigenvalue weighted by atomic mass is 16.6. The van der Waals surface area contributed by atoms with Gasteiger partial charge in [-0.25, -0.2) is 4.98 Å². The van der Waals surface area contributed by atoms with Crippen LogP contribution in [-0.2, 0) is 6.54 Å². The van der Waals surface area contributed by atoms with Gasteiger partial charge >= 0.3 is 5.69 Å². The summed E-state index contributed by atoms with van der Waals surface area (Å²) in [4.78, 5) is 14.3. The molecule has 2 heterocycles. The maximum absolute atomic E-state index is 11.0. The Labute approximate surface area is 114 Å². The molecule has 2 aromatic heterocycles. The van der Waals surface area contributed by atoms with Gasteiger partial charge in [-0.2, -0.15) is 5.26 Å². The third-order valence-corrected chi connectivity index (χ3v) is 2.81. The normalized spacial score (nSPS) is 10.1. The number of nitriles is 1. The van der Waals surface area contributed by atoms with Crippen LogP contribution >= 0.6 is 0 Å². The zero-order chi connectivity index (χ0) is 14.7. The van der Waals surface area contributed by atoms with Crippen LogP contribution in [0.5, 0.6) is 0 Å². The summed E-state index contributed by atoms with van der Waals surface area (Å²) < 4.78 is 5.01. The van der Waals surface area contributed by atoms with E-state index in [0.29, 0.717) is 18.0 Å². The van der Waals surface area contributed by atoms with Crippen molar-refractivity contribution in [2.75, 3.05) is 5.32 Å². The quantitative estimate of drug-likeness (QED) is 0.669. The van der Waals surface area contributed by atoms with Gasteiger partial charge in [0.15, 0.2) is 0 Å². The van der Waals surface area contributed by atoms with Gasteiger partial charge in [-0.1, -0.05) is 5.16 Å². The fourth-order valence-corrected chi connectivity index (χ4v) is 1.72. The van der Waals surface area contributed by atoms with E-state index < -0.39 is 4.92 Å². The SMILES string of the molecule is Cc1noc(C)c1CNc1ncc(C#N)cc1[N+](=O)[O-]. The first kappa shape index (κ1) is 13.5. The molecule has 20 heavy (non-hydrogen) atoms. The monoisotopic (exact) mass is 273 g/mol. The van der Waals surface area contributed by atoms with Gasteiger partial charge in [-0.15, -0.1) is 0 Å². The topological polar surface area (TPSA) is 118 Å². The Balaban J connectivity index is 2.26. The average Bonchev–Trinajstić information content (AvgIpc) is 2.75. The van der Waals surface area contributed by atoms with Crippen molar-refractivity contribution in [2.24, 2.45) is 0 Å². The van der Waals surface area contributed by atoms with Crippen molar-refractivity contribution < 1.29 is 9.45 Å². The van der Waals surface area contributed by atoms with Gasteiger partial charge in [-0.3, -0.25) is 10.1 Å². The van der Waals surface area contributed by atoms with Gasteiger partial charge in [0.2, 0.25) is 5.82 Å². The Kier molecular flexibility index (Phi) is 3.61. The molecule has 1 N–H and O–H groups in total. The highest BCUT2D eigenvalue weighted by Crippen LogP contribution is 2.24. The minimum atomic E-state index is -0.580. The first-order valence-electron chi connectivity index (χ1n) is 5.73. The van der Waals surface area contributed by atoms with Crippen molar-refractivity contribution in [1.82, 2.24) is 10.1 Å². The molecule has 0 unspecified atom stereocenters. The molecule has 0 aliphatic rings. The van der Waals surface area contributed by atoms with Crippen LogP contribution in [0.4, 0.5) is 11.5 Å². The van der Waals surface area contributed by atoms with Crippen LogP contribution in [-0.4, -0.2) is 15.1 Å². The predicted molar refractivity (Wildman–Crippen MR) is 68.9 cm³/mol. The van der Waals surface area contributed by atoms with Crippen molar-refractivity contribution in [2.45, 2.75) is 20.4 Å². The number of anilines is 1. The fraction of sp³-hybridized carbons (Fsp3) is 0.250. The molecule has 0 aliphatic carbocycles. The minimum absolute atomic E-state index is 0.106. The van der Waals surface area contributed by atoms with Gasteiger partial charge in [0, 0.05) is 24.4 Å². The van der Waals surface area contributed by atoms with E-state index in [4.69, 9.17) is 9.78 Å². The number of aromatic nitrogens is 2. The molecular weight excluding hydrogens is 262 g/mol. The summed E-state index contributed by atoms with van der Waals surface area (Å²) in [5.74, 6) is 0.750. The third-order valence-electron chi connectivity index (χ3n) is 2.81. The van der Waals surface area contributed by atoms with Gasteiger partial charge in [0.05, 0.1) is 16.2 Å². The molecule has 8 nitrogen and oxygen atoms in total. The van der Waals surface area contributed by atoms with Crippen LogP contribution in [0.25, 0.3) is 0 Å². The van der Waals surface area contributed by atoms with Crippen molar-refractivity contribution in [3.8, 4) is 6.07 Å². The summed E-state index contributed by atoms with van der Waals surface area (Å²) in [6, 6.07) is 3.00. The lowest BCUT2D eigenvalue weighted by Crippen LogP contribution is -2.06. The Bertz CT molecular complexity index is 682. The van der Waals surface area contributed by atoms with Gasteiger partial charge in [-0.05, 0) is 13.8 Å². The number of nitrogens with one attached hydrogen (secondary N) is 1. The molecule has 0 saturated heterocycles. The van der Waals surface area contributed by atoms with Gasteiger partial charge in [0.1, 0.15) is 11.8 Å². The molecule has 102 valence electrons. The smallest absolute Gasteiger partial charge is 0.312 e. The lowest BCUT2D eigenvalue weighted by molar-refractivity contribution is -0.384. The standard InChI is InChI=1S/C12H11N5O3/c1-7-10(8(2)20-16-7)6-15-12-11(17(18)19)3-9(4-13)5-14-12/h3,5H,6H2,1-2H3,(H,14,15). The lowest BCUT2D eigenvalue weighted by atomic mass is 10.2. The number of nitro groups is 1. The van der Waals surface area contributed by atoms with E-state index >= 15 is 0 Å². The molecule has 2 rings (SSSR count). The summed E-state index contributed by atoms with van der Waals surface area (Å²) in [6.45, 7) is 3.85. The maximum Gasteiger partial charge on any atom is 0.312 e. The van der Waals surface area contributed by atoms with E-state index in [-0.39, 0.29) is 17.1 Å². The van der Waals surface area contributed by atoms with Gasteiger partial charge in [0.25, 0.3) is 0 Å². The number of aryl methyl sites for hydroxylation is 2. The first-order valence-corrected chi connectivity index (χ1v) is 5.73. The van der Waals surface area contributed by atoms with Crippen LogP contribution in [0, 0.1) is 35.3 Å². The summed E-state index contributed by atoms with van der Waals surface area (Å²) in [6.07, 6.45) is 1.28. The zero-order valence-corrected chi connectivity index (χ0v) is 10.9. The number of hydrogen-bond acceptors (Lipinski definition) is 7. The highest BCUT2D eigenvalue weighted by molar-refractivity contribution is 5.58. The molecule has 8 heteroatoms. The first-order chi connectivity index (χ1) is 9.52. The number of hydrogen-bond donors (Lipinski definition) is 1. The maximum atomic E-state index is 11.0. The molecule has 0 aromatic carbocycles. The van der Waals surface area contributed by atoms with Crippen LogP contribution < -0.4 is 5.32 Å². The van der Waals surface area contributed by atoms with E-state index in [9.17, 15) is 10.1 Å². The molecule has 2 aromatic rings.